The highest BCUT2D eigenvalue weighted by Gasteiger charge is 2.04. The number of hydrogen-bond acceptors (Lipinski definition) is 3. The number of nitrogens with zero attached hydrogens (tertiary/aromatic N) is 1. The lowest BCUT2D eigenvalue weighted by Gasteiger charge is -2.10. The summed E-state index contributed by atoms with van der Waals surface area (Å²) in [5.41, 5.74) is 2.35. The Labute approximate surface area is 127 Å². The molecule has 0 saturated carbocycles. The number of methoxy groups -OCH3 is 1. The third kappa shape index (κ3) is 3.36. The maximum atomic E-state index is 8.79. The van der Waals surface area contributed by atoms with Crippen molar-refractivity contribution in [1.29, 1.82) is 5.26 Å². The lowest BCUT2D eigenvalue weighted by atomic mass is 10.1. The number of nitriles is 1. The van der Waals surface area contributed by atoms with Gasteiger partial charge in [0, 0.05) is 23.3 Å². The van der Waals surface area contributed by atoms with Crippen molar-refractivity contribution in [2.45, 2.75) is 6.54 Å². The smallest absolute Gasteiger partial charge is 0.139 e. The summed E-state index contributed by atoms with van der Waals surface area (Å²) in [6.07, 6.45) is 0. The van der Waals surface area contributed by atoms with Crippen LogP contribution in [0, 0.1) is 11.3 Å². The van der Waals surface area contributed by atoms with Crippen LogP contribution in [0.2, 0.25) is 10.0 Å². The van der Waals surface area contributed by atoms with Crippen molar-refractivity contribution >= 4 is 28.9 Å². The molecule has 5 heteroatoms. The molecule has 0 spiro atoms. The molecule has 0 aliphatic rings. The molecule has 0 bridgehead atoms. The van der Waals surface area contributed by atoms with E-state index < -0.39 is 0 Å². The zero-order valence-electron chi connectivity index (χ0n) is 10.8. The second-order valence-electron chi connectivity index (χ2n) is 4.12. The van der Waals surface area contributed by atoms with Crippen LogP contribution in [0.4, 0.5) is 5.69 Å². The Morgan fingerprint density at radius 1 is 1.15 bits per heavy atom. The molecule has 2 aromatic carbocycles. The molecular weight excluding hydrogens is 295 g/mol. The normalized spacial score (nSPS) is 9.90. The van der Waals surface area contributed by atoms with E-state index in [0.717, 1.165) is 11.3 Å². The van der Waals surface area contributed by atoms with Crippen LogP contribution in [0.25, 0.3) is 0 Å². The number of ether oxygens (including phenoxy) is 1. The lowest BCUT2D eigenvalue weighted by Crippen LogP contribution is -2.00. The van der Waals surface area contributed by atoms with Crippen LogP contribution in [0.1, 0.15) is 11.1 Å². The molecule has 0 aromatic heterocycles. The summed E-state index contributed by atoms with van der Waals surface area (Å²) in [6, 6.07) is 12.7. The van der Waals surface area contributed by atoms with Crippen LogP contribution in [-0.2, 0) is 6.54 Å². The first kappa shape index (κ1) is 14.5. The van der Waals surface area contributed by atoms with Gasteiger partial charge in [-0.2, -0.15) is 5.26 Å². The molecule has 1 N–H and O–H groups in total. The maximum Gasteiger partial charge on any atom is 0.139 e. The fourth-order valence-electron chi connectivity index (χ4n) is 1.73. The number of benzene rings is 2. The fourth-order valence-corrected chi connectivity index (χ4v) is 2.17. The predicted molar refractivity (Wildman–Crippen MR) is 81.5 cm³/mol. The van der Waals surface area contributed by atoms with E-state index in [0.29, 0.717) is 27.9 Å². The van der Waals surface area contributed by atoms with Crippen LogP contribution in [-0.4, -0.2) is 7.11 Å². The van der Waals surface area contributed by atoms with E-state index >= 15 is 0 Å². The average molecular weight is 307 g/mol. The largest absolute Gasteiger partial charge is 0.495 e. The van der Waals surface area contributed by atoms with E-state index in [-0.39, 0.29) is 0 Å². The maximum absolute atomic E-state index is 8.79. The molecule has 2 rings (SSSR count). The number of anilines is 1. The highest BCUT2D eigenvalue weighted by Crippen LogP contribution is 2.28. The van der Waals surface area contributed by atoms with Gasteiger partial charge in [-0.15, -0.1) is 0 Å². The molecular formula is C15H12Cl2N2O. The van der Waals surface area contributed by atoms with Crippen molar-refractivity contribution < 1.29 is 4.74 Å². The van der Waals surface area contributed by atoms with E-state index in [9.17, 15) is 0 Å². The fraction of sp³-hybridized carbons (Fsp3) is 0.133. The summed E-state index contributed by atoms with van der Waals surface area (Å²) in [6.45, 7) is 0.551. The van der Waals surface area contributed by atoms with Crippen molar-refractivity contribution in [3.8, 4) is 11.8 Å². The summed E-state index contributed by atoms with van der Waals surface area (Å²) in [7, 11) is 1.57. The van der Waals surface area contributed by atoms with E-state index in [1.807, 2.05) is 18.2 Å². The van der Waals surface area contributed by atoms with Crippen LogP contribution in [0.15, 0.2) is 36.4 Å². The third-order valence-electron chi connectivity index (χ3n) is 2.82. The Bertz CT molecular complexity index is 665. The SMILES string of the molecule is COc1cc(NCc2ccc(C#N)cc2Cl)ccc1Cl. The number of hydrogen-bond donors (Lipinski definition) is 1. The van der Waals surface area contributed by atoms with Crippen molar-refractivity contribution in [3.05, 3.63) is 57.6 Å². The Morgan fingerprint density at radius 3 is 2.60 bits per heavy atom. The van der Waals surface area contributed by atoms with Crippen LogP contribution in [0.3, 0.4) is 0 Å². The van der Waals surface area contributed by atoms with Gasteiger partial charge < -0.3 is 10.1 Å². The van der Waals surface area contributed by atoms with E-state index in [1.165, 1.54) is 0 Å². The average Bonchev–Trinajstić information content (AvgIpc) is 2.47. The second kappa shape index (κ2) is 6.51. The minimum absolute atomic E-state index is 0.548. The third-order valence-corrected chi connectivity index (χ3v) is 3.48. The van der Waals surface area contributed by atoms with Gasteiger partial charge >= 0.3 is 0 Å². The molecule has 0 heterocycles. The van der Waals surface area contributed by atoms with Crippen molar-refractivity contribution in [1.82, 2.24) is 0 Å². The standard InChI is InChI=1S/C15H12Cl2N2O/c1-20-15-7-12(4-5-13(15)16)19-9-11-3-2-10(8-18)6-14(11)17/h2-7,19H,9H2,1H3. The van der Waals surface area contributed by atoms with Crippen molar-refractivity contribution in [3.63, 3.8) is 0 Å². The summed E-state index contributed by atoms with van der Waals surface area (Å²) in [5.74, 6) is 0.614. The minimum atomic E-state index is 0.548. The second-order valence-corrected chi connectivity index (χ2v) is 4.94. The molecule has 0 unspecified atom stereocenters. The summed E-state index contributed by atoms with van der Waals surface area (Å²) < 4.78 is 5.16. The summed E-state index contributed by atoms with van der Waals surface area (Å²) in [4.78, 5) is 0. The molecule has 0 aliphatic heterocycles. The molecule has 0 atom stereocenters. The number of rotatable bonds is 4. The first-order chi connectivity index (χ1) is 9.63. The van der Waals surface area contributed by atoms with Gasteiger partial charge in [0.1, 0.15) is 5.75 Å². The zero-order valence-corrected chi connectivity index (χ0v) is 12.3. The Balaban J connectivity index is 2.11. The molecule has 0 aliphatic carbocycles. The summed E-state index contributed by atoms with van der Waals surface area (Å²) in [5, 5.41) is 13.2. The molecule has 3 nitrogen and oxygen atoms in total. The monoisotopic (exact) mass is 306 g/mol. The Hall–Kier alpha value is -1.89. The van der Waals surface area contributed by atoms with Gasteiger partial charge in [-0.25, -0.2) is 0 Å². The topological polar surface area (TPSA) is 45.0 Å². The van der Waals surface area contributed by atoms with E-state index in [2.05, 4.69) is 11.4 Å². The van der Waals surface area contributed by atoms with Crippen LogP contribution in [0.5, 0.6) is 5.75 Å². The van der Waals surface area contributed by atoms with E-state index in [4.69, 9.17) is 33.2 Å². The molecule has 0 saturated heterocycles. The van der Waals surface area contributed by atoms with Crippen molar-refractivity contribution in [2.75, 3.05) is 12.4 Å². The van der Waals surface area contributed by atoms with Crippen LogP contribution < -0.4 is 10.1 Å². The van der Waals surface area contributed by atoms with Gasteiger partial charge in [0.15, 0.2) is 0 Å². The van der Waals surface area contributed by atoms with Crippen molar-refractivity contribution in [2.24, 2.45) is 0 Å². The van der Waals surface area contributed by atoms with Gasteiger partial charge in [-0.05, 0) is 29.8 Å². The molecule has 20 heavy (non-hydrogen) atoms. The van der Waals surface area contributed by atoms with Gasteiger partial charge in [-0.1, -0.05) is 29.3 Å². The Kier molecular flexibility index (Phi) is 4.73. The highest BCUT2D eigenvalue weighted by atomic mass is 35.5. The number of nitrogens with one attached hydrogen (secondary N) is 1. The minimum Gasteiger partial charge on any atom is -0.495 e. The molecule has 0 radical (unpaired) electrons. The van der Waals surface area contributed by atoms with Gasteiger partial charge in [0.2, 0.25) is 0 Å². The quantitative estimate of drug-likeness (QED) is 0.905. The molecule has 102 valence electrons. The first-order valence-electron chi connectivity index (χ1n) is 5.90. The van der Waals surface area contributed by atoms with Gasteiger partial charge in [0.05, 0.1) is 23.8 Å². The highest BCUT2D eigenvalue weighted by molar-refractivity contribution is 6.32. The summed E-state index contributed by atoms with van der Waals surface area (Å²) >= 11 is 12.1. The zero-order chi connectivity index (χ0) is 14.5. The van der Waals surface area contributed by atoms with Gasteiger partial charge in [0.25, 0.3) is 0 Å². The predicted octanol–water partition coefficient (Wildman–Crippen LogP) is 4.49. The van der Waals surface area contributed by atoms with Gasteiger partial charge in [-0.3, -0.25) is 0 Å². The first-order valence-corrected chi connectivity index (χ1v) is 6.65. The number of halogens is 2. The lowest BCUT2D eigenvalue weighted by molar-refractivity contribution is 0.415. The van der Waals surface area contributed by atoms with Crippen LogP contribution >= 0.6 is 23.2 Å². The molecule has 2 aromatic rings. The molecule has 0 amide bonds. The van der Waals surface area contributed by atoms with E-state index in [1.54, 1.807) is 25.3 Å². The Morgan fingerprint density at radius 2 is 1.95 bits per heavy atom. The molecule has 0 fully saturated rings.